The fraction of sp³-hybridized carbons (Fsp3) is 1.00. The summed E-state index contributed by atoms with van der Waals surface area (Å²) in [5.41, 5.74) is 0. The molecule has 0 aromatic rings. The van der Waals surface area contributed by atoms with Crippen LogP contribution in [0, 0.1) is 0 Å². The van der Waals surface area contributed by atoms with Gasteiger partial charge in [-0.25, -0.2) is 9.71 Å². The maximum atomic E-state index is 11.4. The zero-order valence-corrected chi connectivity index (χ0v) is 2.82. The van der Waals surface area contributed by atoms with Crippen LogP contribution in [0.1, 0.15) is 6.42 Å². The molecule has 1 atom stereocenters. The molecule has 1 aliphatic rings. The molecule has 2 heteroatoms. The maximum Gasteiger partial charge on any atom is 0.167 e. The Bertz CT molecular complexity index is 33.9. The minimum absolute atomic E-state index is 0.653. The SMILES string of the molecule is FC1CC[N]1. The molecular formula is C3H5FN. The maximum absolute atomic E-state index is 11.4. The second kappa shape index (κ2) is 0.937. The van der Waals surface area contributed by atoms with Crippen molar-refractivity contribution in [1.29, 1.82) is 0 Å². The molecule has 0 N–H and O–H groups in total. The summed E-state index contributed by atoms with van der Waals surface area (Å²) in [4.78, 5) is 0. The molecule has 1 rings (SSSR count). The van der Waals surface area contributed by atoms with Crippen LogP contribution in [-0.4, -0.2) is 12.8 Å². The number of hydrogen-bond donors (Lipinski definition) is 0. The molecule has 29 valence electrons. The van der Waals surface area contributed by atoms with Crippen molar-refractivity contribution in [2.24, 2.45) is 0 Å². The van der Waals surface area contributed by atoms with E-state index in [1.54, 1.807) is 0 Å². The predicted octanol–water partition coefficient (Wildman–Crippen LogP) is 0.290. The number of hydrogen-bond acceptors (Lipinski definition) is 0. The molecule has 1 radical (unpaired) electrons. The number of alkyl halides is 1. The third-order valence-electron chi connectivity index (χ3n) is 0.695. The van der Waals surface area contributed by atoms with Gasteiger partial charge in [-0.2, -0.15) is 0 Å². The second-order valence-electron chi connectivity index (χ2n) is 1.13. The first-order chi connectivity index (χ1) is 2.39. The Morgan fingerprint density at radius 2 is 2.20 bits per heavy atom. The van der Waals surface area contributed by atoms with Crippen molar-refractivity contribution in [3.05, 3.63) is 0 Å². The Kier molecular flexibility index (Phi) is 0.580. The minimum Gasteiger partial charge on any atom is -0.229 e. The van der Waals surface area contributed by atoms with E-state index in [2.05, 4.69) is 5.32 Å². The van der Waals surface area contributed by atoms with Crippen LogP contribution in [0.15, 0.2) is 0 Å². The van der Waals surface area contributed by atoms with Crippen molar-refractivity contribution in [1.82, 2.24) is 5.32 Å². The smallest absolute Gasteiger partial charge is 0.167 e. The van der Waals surface area contributed by atoms with Crippen molar-refractivity contribution in [3.63, 3.8) is 0 Å². The van der Waals surface area contributed by atoms with Crippen LogP contribution < -0.4 is 5.32 Å². The zero-order chi connectivity index (χ0) is 3.70. The molecule has 1 unspecified atom stereocenters. The van der Waals surface area contributed by atoms with Gasteiger partial charge in [-0.05, 0) is 0 Å². The summed E-state index contributed by atoms with van der Waals surface area (Å²) in [6, 6.07) is 0. The second-order valence-corrected chi connectivity index (χ2v) is 1.13. The molecule has 1 saturated heterocycles. The first kappa shape index (κ1) is 3.09. The average Bonchev–Trinajstić information content (AvgIpc) is 1.30. The topological polar surface area (TPSA) is 14.1 Å². The minimum atomic E-state index is -0.810. The van der Waals surface area contributed by atoms with Crippen LogP contribution in [0.25, 0.3) is 0 Å². The van der Waals surface area contributed by atoms with E-state index in [4.69, 9.17) is 0 Å². The van der Waals surface area contributed by atoms with Gasteiger partial charge in [0.25, 0.3) is 0 Å². The van der Waals surface area contributed by atoms with E-state index in [1.165, 1.54) is 0 Å². The lowest BCUT2D eigenvalue weighted by Gasteiger charge is -2.14. The molecular weight excluding hydrogens is 69.0 g/mol. The summed E-state index contributed by atoms with van der Waals surface area (Å²) in [5, 5.41) is 3.40. The lowest BCUT2D eigenvalue weighted by molar-refractivity contribution is 0.177. The third-order valence-corrected chi connectivity index (χ3v) is 0.695. The number of rotatable bonds is 0. The van der Waals surface area contributed by atoms with Gasteiger partial charge in [0.1, 0.15) is 0 Å². The van der Waals surface area contributed by atoms with Gasteiger partial charge in [-0.3, -0.25) is 0 Å². The molecule has 0 bridgehead atoms. The lowest BCUT2D eigenvalue weighted by Crippen LogP contribution is -2.31. The molecule has 0 amide bonds. The quantitative estimate of drug-likeness (QED) is 0.367. The monoisotopic (exact) mass is 74.0 g/mol. The zero-order valence-electron chi connectivity index (χ0n) is 2.82. The highest BCUT2D eigenvalue weighted by atomic mass is 19.1. The normalized spacial score (nSPS) is 36.6. The van der Waals surface area contributed by atoms with Crippen molar-refractivity contribution in [2.45, 2.75) is 12.7 Å². The molecule has 5 heavy (non-hydrogen) atoms. The lowest BCUT2D eigenvalue weighted by atomic mass is 10.3. The van der Waals surface area contributed by atoms with Gasteiger partial charge in [-0.15, -0.1) is 0 Å². The van der Waals surface area contributed by atoms with Gasteiger partial charge in [0, 0.05) is 13.0 Å². The van der Waals surface area contributed by atoms with Gasteiger partial charge in [0.2, 0.25) is 0 Å². The van der Waals surface area contributed by atoms with Crippen molar-refractivity contribution < 1.29 is 4.39 Å². The summed E-state index contributed by atoms with van der Waals surface area (Å²) >= 11 is 0. The molecule has 0 aromatic heterocycles. The Balaban J connectivity index is 2.08. The molecule has 0 aromatic carbocycles. The average molecular weight is 74.1 g/mol. The van der Waals surface area contributed by atoms with Gasteiger partial charge < -0.3 is 0 Å². The van der Waals surface area contributed by atoms with E-state index in [-0.39, 0.29) is 0 Å². The first-order valence-corrected chi connectivity index (χ1v) is 1.70. The summed E-state index contributed by atoms with van der Waals surface area (Å²) in [6.07, 6.45) is -0.157. The molecule has 0 saturated carbocycles. The standard InChI is InChI=1S/C3H5FN/c4-3-1-2-5-3/h3H,1-2H2. The molecule has 0 spiro atoms. The Labute approximate surface area is 30.2 Å². The fourth-order valence-corrected chi connectivity index (χ4v) is 0.227. The van der Waals surface area contributed by atoms with Crippen LogP contribution >= 0.6 is 0 Å². The van der Waals surface area contributed by atoms with E-state index in [9.17, 15) is 4.39 Å². The van der Waals surface area contributed by atoms with Crippen molar-refractivity contribution >= 4 is 0 Å². The van der Waals surface area contributed by atoms with Gasteiger partial charge in [0.05, 0.1) is 0 Å². The van der Waals surface area contributed by atoms with Crippen molar-refractivity contribution in [2.75, 3.05) is 6.54 Å². The Morgan fingerprint density at radius 1 is 1.80 bits per heavy atom. The number of nitrogens with zero attached hydrogens (tertiary/aromatic N) is 1. The summed E-state index contributed by atoms with van der Waals surface area (Å²) in [6.45, 7) is 0.737. The first-order valence-electron chi connectivity index (χ1n) is 1.70. The largest absolute Gasteiger partial charge is 0.229 e. The Morgan fingerprint density at radius 3 is 2.20 bits per heavy atom. The molecule has 1 fully saturated rings. The highest BCUT2D eigenvalue weighted by molar-refractivity contribution is 4.63. The van der Waals surface area contributed by atoms with Crippen LogP contribution in [0.3, 0.4) is 0 Å². The highest BCUT2D eigenvalue weighted by Crippen LogP contribution is 2.02. The molecule has 1 heterocycles. The van der Waals surface area contributed by atoms with E-state index in [1.807, 2.05) is 0 Å². The number of halogens is 1. The predicted molar refractivity (Wildman–Crippen MR) is 16.5 cm³/mol. The van der Waals surface area contributed by atoms with Crippen molar-refractivity contribution in [3.8, 4) is 0 Å². The summed E-state index contributed by atoms with van der Waals surface area (Å²) in [5.74, 6) is 0. The van der Waals surface area contributed by atoms with Gasteiger partial charge >= 0.3 is 0 Å². The summed E-state index contributed by atoms with van der Waals surface area (Å²) in [7, 11) is 0. The van der Waals surface area contributed by atoms with Crippen LogP contribution in [-0.2, 0) is 0 Å². The molecule has 1 aliphatic heterocycles. The van der Waals surface area contributed by atoms with E-state index >= 15 is 0 Å². The summed E-state index contributed by atoms with van der Waals surface area (Å²) < 4.78 is 11.4. The fourth-order valence-electron chi connectivity index (χ4n) is 0.227. The van der Waals surface area contributed by atoms with Crippen LogP contribution in [0.4, 0.5) is 4.39 Å². The van der Waals surface area contributed by atoms with Crippen LogP contribution in [0.5, 0.6) is 0 Å². The molecule has 0 aliphatic carbocycles. The highest BCUT2D eigenvalue weighted by Gasteiger charge is 2.14. The van der Waals surface area contributed by atoms with Gasteiger partial charge in [0.15, 0.2) is 6.30 Å². The third kappa shape index (κ3) is 0.401. The Hall–Kier alpha value is -0.110. The van der Waals surface area contributed by atoms with E-state index in [0.29, 0.717) is 6.42 Å². The molecule has 1 nitrogen and oxygen atoms in total. The van der Waals surface area contributed by atoms with E-state index < -0.39 is 6.30 Å². The van der Waals surface area contributed by atoms with Gasteiger partial charge in [-0.1, -0.05) is 0 Å². The van der Waals surface area contributed by atoms with E-state index in [0.717, 1.165) is 6.54 Å². The van der Waals surface area contributed by atoms with Crippen LogP contribution in [0.2, 0.25) is 0 Å².